The van der Waals surface area contributed by atoms with E-state index in [-0.39, 0.29) is 0 Å². The van der Waals surface area contributed by atoms with Gasteiger partial charge in [0.05, 0.1) is 12.7 Å². The third kappa shape index (κ3) is 7.43. The number of hydrogen-bond donors (Lipinski definition) is 0. The van der Waals surface area contributed by atoms with Crippen LogP contribution in [0.5, 0.6) is 5.75 Å². The molecule has 1 aromatic rings. The minimum atomic E-state index is 0.311. The van der Waals surface area contributed by atoms with Crippen LogP contribution >= 0.6 is 11.8 Å². The monoisotopic (exact) mass is 622 g/mol. The van der Waals surface area contributed by atoms with E-state index in [0.717, 1.165) is 47.3 Å². The van der Waals surface area contributed by atoms with Gasteiger partial charge in [0.1, 0.15) is 18.3 Å². The van der Waals surface area contributed by atoms with Gasteiger partial charge in [0.15, 0.2) is 0 Å². The summed E-state index contributed by atoms with van der Waals surface area (Å²) in [7, 11) is 0. The highest BCUT2D eigenvalue weighted by Crippen LogP contribution is 2.66. The number of benzene rings is 1. The minimum absolute atomic E-state index is 0.311. The van der Waals surface area contributed by atoms with Gasteiger partial charge in [-0.2, -0.15) is 5.10 Å². The third-order valence-corrected chi connectivity index (χ3v) is 12.5. The molecular formula is C38H58N2O3S. The van der Waals surface area contributed by atoms with Crippen molar-refractivity contribution in [3.05, 3.63) is 41.5 Å². The van der Waals surface area contributed by atoms with Crippen molar-refractivity contribution in [2.75, 3.05) is 25.4 Å². The van der Waals surface area contributed by atoms with E-state index in [1.54, 1.807) is 17.3 Å². The smallest absolute Gasteiger partial charge is 0.241 e. The van der Waals surface area contributed by atoms with Crippen LogP contribution in [-0.2, 0) is 9.47 Å². The second-order valence-electron chi connectivity index (χ2n) is 15.0. The topological polar surface area (TPSA) is 52.4 Å². The second-order valence-corrected chi connectivity index (χ2v) is 15.8. The summed E-state index contributed by atoms with van der Waals surface area (Å²) in [5.41, 5.74) is 3.52. The van der Waals surface area contributed by atoms with E-state index in [1.165, 1.54) is 70.6 Å². The molecule has 0 aromatic heterocycles. The van der Waals surface area contributed by atoms with Crippen molar-refractivity contribution in [3.8, 4) is 5.75 Å². The van der Waals surface area contributed by atoms with Crippen LogP contribution in [0.25, 0.3) is 0 Å². The number of allylic oxidation sites excluding steroid dienone is 1. The minimum Gasteiger partial charge on any atom is -0.491 e. The largest absolute Gasteiger partial charge is 0.491 e. The van der Waals surface area contributed by atoms with E-state index in [0.29, 0.717) is 42.0 Å². The molecule has 6 heteroatoms. The van der Waals surface area contributed by atoms with Crippen LogP contribution in [0, 0.1) is 40.4 Å². The van der Waals surface area contributed by atoms with Gasteiger partial charge in [0, 0.05) is 12.3 Å². The first kappa shape index (κ1) is 33.6. The third-order valence-electron chi connectivity index (χ3n) is 12.1. The fourth-order valence-electron chi connectivity index (χ4n) is 9.71. The van der Waals surface area contributed by atoms with Crippen LogP contribution in [0.1, 0.15) is 110 Å². The van der Waals surface area contributed by atoms with E-state index in [1.807, 2.05) is 30.5 Å². The lowest BCUT2D eigenvalue weighted by molar-refractivity contribution is -0.0604. The zero-order valence-corrected chi connectivity index (χ0v) is 29.0. The van der Waals surface area contributed by atoms with Gasteiger partial charge in [-0.1, -0.05) is 58.6 Å². The van der Waals surface area contributed by atoms with E-state index in [2.05, 4.69) is 50.7 Å². The quantitative estimate of drug-likeness (QED) is 0.0517. The Balaban J connectivity index is 1.09. The Morgan fingerprint density at radius 1 is 1.02 bits per heavy atom. The summed E-state index contributed by atoms with van der Waals surface area (Å²) in [6.45, 7) is 14.7. The predicted octanol–water partition coefficient (Wildman–Crippen LogP) is 9.95. The highest BCUT2D eigenvalue weighted by atomic mass is 32.2. The van der Waals surface area contributed by atoms with Gasteiger partial charge in [0.25, 0.3) is 0 Å². The lowest BCUT2D eigenvalue weighted by Crippen LogP contribution is -2.50. The van der Waals surface area contributed by atoms with Crippen molar-refractivity contribution < 1.29 is 14.2 Å². The maximum Gasteiger partial charge on any atom is 0.241 e. The molecule has 0 amide bonds. The number of ether oxygens (including phenoxy) is 3. The molecule has 0 N–H and O–H groups in total. The van der Waals surface area contributed by atoms with Crippen LogP contribution in [-0.4, -0.2) is 44.1 Å². The normalized spacial score (nSPS) is 33.3. The Morgan fingerprint density at radius 2 is 1.84 bits per heavy atom. The summed E-state index contributed by atoms with van der Waals surface area (Å²) in [6.07, 6.45) is 21.4. The number of rotatable bonds is 14. The number of unbranched alkanes of at least 4 members (excludes halogenated alkanes) is 1. The first-order valence-electron chi connectivity index (χ1n) is 17.5. The molecule has 0 aliphatic heterocycles. The number of hydrogen-bond acceptors (Lipinski definition) is 6. The molecule has 4 aliphatic rings. The SMILES string of the molecule is C=N/N=C(\OCSC)c1ccc(OCCOC2CCC3(C)C(=CCC4C3CCC3(C)C(CCCCC(C)C)CCC43)C2)cc1. The van der Waals surface area contributed by atoms with Crippen molar-refractivity contribution in [2.24, 2.45) is 50.6 Å². The summed E-state index contributed by atoms with van der Waals surface area (Å²) in [5.74, 6) is 6.31. The molecule has 0 radical (unpaired) electrons. The lowest BCUT2D eigenvalue weighted by Gasteiger charge is -2.58. The van der Waals surface area contributed by atoms with Gasteiger partial charge in [-0.25, -0.2) is 0 Å². The standard InChI is InChI=1S/C38H58N2O3S/c1-27(2)9-7-8-10-29-14-18-34-33-17-13-30-25-32(19-21-38(30,4)35(33)20-22-37(29,34)3)42-24-23-41-31-15-11-28(12-16-31)36(40-39-5)43-26-44-6/h11-13,15-16,27,29,32-35H,5,7-10,14,17-26H2,1-4,6H3/b40-36-. The molecule has 1 aromatic carbocycles. The molecule has 3 fully saturated rings. The number of nitrogens with zero attached hydrogens (tertiary/aromatic N) is 2. The van der Waals surface area contributed by atoms with Gasteiger partial charge < -0.3 is 14.2 Å². The molecule has 44 heavy (non-hydrogen) atoms. The van der Waals surface area contributed by atoms with E-state index in [4.69, 9.17) is 14.2 Å². The summed E-state index contributed by atoms with van der Waals surface area (Å²) >= 11 is 1.59. The summed E-state index contributed by atoms with van der Waals surface area (Å²) in [5, 5.41) is 7.64. The van der Waals surface area contributed by atoms with E-state index >= 15 is 0 Å². The average molecular weight is 623 g/mol. The fourth-order valence-corrected chi connectivity index (χ4v) is 9.94. The Kier molecular flexibility index (Phi) is 11.6. The lowest BCUT2D eigenvalue weighted by atomic mass is 9.47. The Bertz CT molecular complexity index is 1150. The Morgan fingerprint density at radius 3 is 2.59 bits per heavy atom. The summed E-state index contributed by atoms with van der Waals surface area (Å²) in [6, 6.07) is 7.78. The zero-order valence-electron chi connectivity index (χ0n) is 28.2. The highest BCUT2D eigenvalue weighted by Gasteiger charge is 2.58. The number of fused-ring (bicyclic) bond motifs is 5. The van der Waals surface area contributed by atoms with Crippen molar-refractivity contribution in [3.63, 3.8) is 0 Å². The first-order chi connectivity index (χ1) is 21.3. The average Bonchev–Trinajstić information content (AvgIpc) is 3.36. The van der Waals surface area contributed by atoms with Crippen LogP contribution in [0.15, 0.2) is 46.1 Å². The van der Waals surface area contributed by atoms with Gasteiger partial charge in [0.2, 0.25) is 5.90 Å². The van der Waals surface area contributed by atoms with Gasteiger partial charge >= 0.3 is 0 Å². The van der Waals surface area contributed by atoms with E-state index in [9.17, 15) is 0 Å². The summed E-state index contributed by atoms with van der Waals surface area (Å²) < 4.78 is 18.1. The first-order valence-corrected chi connectivity index (χ1v) is 18.9. The Labute approximate surface area is 272 Å². The molecule has 0 spiro atoms. The molecule has 0 bridgehead atoms. The molecule has 0 heterocycles. The fraction of sp³-hybridized carbons (Fsp3) is 0.737. The number of thioether (sulfide) groups is 1. The Hall–Kier alpha value is -1.79. The molecule has 3 saturated carbocycles. The van der Waals surface area contributed by atoms with Crippen molar-refractivity contribution in [2.45, 2.75) is 111 Å². The molecule has 4 aliphatic carbocycles. The van der Waals surface area contributed by atoms with Gasteiger partial charge in [-0.15, -0.1) is 16.9 Å². The molecule has 5 rings (SSSR count). The predicted molar refractivity (Wildman–Crippen MR) is 186 cm³/mol. The van der Waals surface area contributed by atoms with Crippen LogP contribution < -0.4 is 4.74 Å². The zero-order chi connectivity index (χ0) is 31.2. The van der Waals surface area contributed by atoms with Crippen LogP contribution in [0.3, 0.4) is 0 Å². The second kappa shape index (κ2) is 15.2. The van der Waals surface area contributed by atoms with E-state index < -0.39 is 0 Å². The molecule has 244 valence electrons. The van der Waals surface area contributed by atoms with Gasteiger partial charge in [-0.05, 0) is 129 Å². The molecule has 0 saturated heterocycles. The molecule has 7 unspecified atom stereocenters. The highest BCUT2D eigenvalue weighted by molar-refractivity contribution is 7.98. The summed E-state index contributed by atoms with van der Waals surface area (Å²) in [4.78, 5) is 0. The maximum absolute atomic E-state index is 6.41. The van der Waals surface area contributed by atoms with Crippen molar-refractivity contribution in [1.29, 1.82) is 0 Å². The maximum atomic E-state index is 6.41. The molecule has 5 nitrogen and oxygen atoms in total. The van der Waals surface area contributed by atoms with Crippen molar-refractivity contribution >= 4 is 24.4 Å². The van der Waals surface area contributed by atoms with Crippen molar-refractivity contribution in [1.82, 2.24) is 0 Å². The van der Waals surface area contributed by atoms with Crippen LogP contribution in [0.4, 0.5) is 0 Å². The molecular weight excluding hydrogens is 564 g/mol. The molecule has 7 atom stereocenters. The van der Waals surface area contributed by atoms with Crippen LogP contribution in [0.2, 0.25) is 0 Å². The van der Waals surface area contributed by atoms with Gasteiger partial charge in [-0.3, -0.25) is 0 Å².